The molecule has 0 bridgehead atoms. The Kier molecular flexibility index (Phi) is 3.50. The number of thiazole rings is 1. The van der Waals surface area contributed by atoms with Crippen molar-refractivity contribution in [2.45, 2.75) is 39.7 Å². The number of anilines is 1. The zero-order valence-electron chi connectivity index (χ0n) is 10.2. The molecule has 1 aliphatic heterocycles. The first-order valence-electron chi connectivity index (χ1n) is 6.06. The van der Waals surface area contributed by atoms with Gasteiger partial charge in [0.05, 0.1) is 0 Å². The van der Waals surface area contributed by atoms with Gasteiger partial charge in [-0.2, -0.15) is 0 Å². The Morgan fingerprint density at radius 3 is 2.69 bits per heavy atom. The Morgan fingerprint density at radius 2 is 2.19 bits per heavy atom. The summed E-state index contributed by atoms with van der Waals surface area (Å²) in [6, 6.07) is 0. The molecule has 0 aliphatic carbocycles. The minimum absolute atomic E-state index is 0.546. The third kappa shape index (κ3) is 2.38. The lowest BCUT2D eigenvalue weighted by Crippen LogP contribution is -2.38. The van der Waals surface area contributed by atoms with Gasteiger partial charge in [0.25, 0.3) is 0 Å². The zero-order chi connectivity index (χ0) is 11.6. The van der Waals surface area contributed by atoms with Crippen molar-refractivity contribution in [3.05, 3.63) is 11.1 Å². The molecule has 0 atom stereocenters. The third-order valence-electron chi connectivity index (χ3n) is 3.84. The first-order valence-corrected chi connectivity index (χ1v) is 6.88. The quantitative estimate of drug-likeness (QED) is 0.881. The fourth-order valence-corrected chi connectivity index (χ4v) is 2.97. The van der Waals surface area contributed by atoms with Crippen molar-refractivity contribution in [3.8, 4) is 0 Å². The first kappa shape index (κ1) is 11.9. The summed E-state index contributed by atoms with van der Waals surface area (Å²) in [6.07, 6.45) is 5.75. The Hall–Kier alpha value is -0.610. The highest BCUT2D eigenvalue weighted by Gasteiger charge is 2.29. The highest BCUT2D eigenvalue weighted by atomic mass is 32.1. The molecule has 16 heavy (non-hydrogen) atoms. The third-order valence-corrected chi connectivity index (χ3v) is 4.92. The largest absolute Gasteiger partial charge is 0.348 e. The van der Waals surface area contributed by atoms with Gasteiger partial charge in [0, 0.05) is 30.7 Å². The molecule has 0 radical (unpaired) electrons. The van der Waals surface area contributed by atoms with Gasteiger partial charge in [0.15, 0.2) is 5.13 Å². The SMILES string of the molecule is CCC1(C)CCN(c2ncc(CN)s2)CC1. The van der Waals surface area contributed by atoms with Crippen LogP contribution in [-0.2, 0) is 6.54 Å². The van der Waals surface area contributed by atoms with Gasteiger partial charge < -0.3 is 10.6 Å². The van der Waals surface area contributed by atoms with E-state index in [1.807, 2.05) is 6.20 Å². The van der Waals surface area contributed by atoms with Crippen LogP contribution in [-0.4, -0.2) is 18.1 Å². The average Bonchev–Trinajstić information content (AvgIpc) is 2.79. The monoisotopic (exact) mass is 239 g/mol. The Balaban J connectivity index is 1.98. The zero-order valence-corrected chi connectivity index (χ0v) is 11.0. The minimum atomic E-state index is 0.546. The number of aromatic nitrogens is 1. The maximum Gasteiger partial charge on any atom is 0.185 e. The second-order valence-corrected chi connectivity index (χ2v) is 6.06. The van der Waals surface area contributed by atoms with Crippen molar-refractivity contribution in [2.75, 3.05) is 18.0 Å². The summed E-state index contributed by atoms with van der Waals surface area (Å²) in [5, 5.41) is 1.15. The molecule has 2 heterocycles. The normalized spacial score (nSPS) is 20.1. The van der Waals surface area contributed by atoms with Gasteiger partial charge in [0.1, 0.15) is 0 Å². The van der Waals surface area contributed by atoms with E-state index in [4.69, 9.17) is 5.73 Å². The van der Waals surface area contributed by atoms with Gasteiger partial charge in [-0.25, -0.2) is 4.98 Å². The van der Waals surface area contributed by atoms with E-state index in [0.29, 0.717) is 12.0 Å². The van der Waals surface area contributed by atoms with Gasteiger partial charge in [-0.1, -0.05) is 20.3 Å². The molecule has 1 fully saturated rings. The molecule has 1 aromatic heterocycles. The summed E-state index contributed by atoms with van der Waals surface area (Å²) < 4.78 is 0. The van der Waals surface area contributed by atoms with Crippen LogP contribution in [0.15, 0.2) is 6.20 Å². The number of rotatable bonds is 3. The van der Waals surface area contributed by atoms with E-state index in [1.54, 1.807) is 11.3 Å². The predicted octanol–water partition coefficient (Wildman–Crippen LogP) is 2.62. The van der Waals surface area contributed by atoms with E-state index in [-0.39, 0.29) is 0 Å². The van der Waals surface area contributed by atoms with Crippen molar-refractivity contribution in [3.63, 3.8) is 0 Å². The second kappa shape index (κ2) is 4.72. The fraction of sp³-hybridized carbons (Fsp3) is 0.750. The van der Waals surface area contributed by atoms with E-state index < -0.39 is 0 Å². The fourth-order valence-electron chi connectivity index (χ4n) is 2.13. The summed E-state index contributed by atoms with van der Waals surface area (Å²) in [6.45, 7) is 7.59. The van der Waals surface area contributed by atoms with Crippen LogP contribution in [0, 0.1) is 5.41 Å². The van der Waals surface area contributed by atoms with Crippen LogP contribution >= 0.6 is 11.3 Å². The van der Waals surface area contributed by atoms with E-state index in [2.05, 4.69) is 23.7 Å². The van der Waals surface area contributed by atoms with Crippen molar-refractivity contribution >= 4 is 16.5 Å². The van der Waals surface area contributed by atoms with Crippen molar-refractivity contribution < 1.29 is 0 Å². The highest BCUT2D eigenvalue weighted by Crippen LogP contribution is 2.36. The van der Waals surface area contributed by atoms with Gasteiger partial charge in [-0.3, -0.25) is 0 Å². The van der Waals surface area contributed by atoms with Crippen molar-refractivity contribution in [1.82, 2.24) is 4.98 Å². The molecular weight excluding hydrogens is 218 g/mol. The lowest BCUT2D eigenvalue weighted by atomic mass is 9.78. The molecule has 4 heteroatoms. The summed E-state index contributed by atoms with van der Waals surface area (Å²) in [4.78, 5) is 8.03. The lowest BCUT2D eigenvalue weighted by molar-refractivity contribution is 0.238. The molecule has 1 aliphatic rings. The summed E-state index contributed by atoms with van der Waals surface area (Å²) in [5.74, 6) is 0. The summed E-state index contributed by atoms with van der Waals surface area (Å²) in [7, 11) is 0. The Bertz CT molecular complexity index is 340. The van der Waals surface area contributed by atoms with Crippen LogP contribution < -0.4 is 10.6 Å². The molecule has 1 aromatic rings. The molecular formula is C12H21N3S. The molecule has 2 N–H and O–H groups in total. The second-order valence-electron chi connectivity index (χ2n) is 4.96. The average molecular weight is 239 g/mol. The van der Waals surface area contributed by atoms with Crippen LogP contribution in [0.2, 0.25) is 0 Å². The number of hydrogen-bond donors (Lipinski definition) is 1. The molecule has 0 aromatic carbocycles. The molecule has 1 saturated heterocycles. The Labute approximate surface area is 102 Å². The topological polar surface area (TPSA) is 42.2 Å². The summed E-state index contributed by atoms with van der Waals surface area (Å²) in [5.41, 5.74) is 6.16. The van der Waals surface area contributed by atoms with Gasteiger partial charge in [-0.15, -0.1) is 11.3 Å². The minimum Gasteiger partial charge on any atom is -0.348 e. The van der Waals surface area contributed by atoms with Crippen LogP contribution in [0.5, 0.6) is 0 Å². The van der Waals surface area contributed by atoms with Crippen molar-refractivity contribution in [2.24, 2.45) is 11.1 Å². The van der Waals surface area contributed by atoms with Crippen LogP contribution in [0.3, 0.4) is 0 Å². The van der Waals surface area contributed by atoms with Gasteiger partial charge in [0.2, 0.25) is 0 Å². The molecule has 2 rings (SSSR count). The van der Waals surface area contributed by atoms with E-state index in [9.17, 15) is 0 Å². The predicted molar refractivity (Wildman–Crippen MR) is 69.9 cm³/mol. The highest BCUT2D eigenvalue weighted by molar-refractivity contribution is 7.15. The van der Waals surface area contributed by atoms with E-state index in [0.717, 1.165) is 18.2 Å². The van der Waals surface area contributed by atoms with Crippen molar-refractivity contribution in [1.29, 1.82) is 0 Å². The first-order chi connectivity index (χ1) is 7.67. The maximum absolute atomic E-state index is 5.61. The lowest BCUT2D eigenvalue weighted by Gasteiger charge is -2.38. The molecule has 0 amide bonds. The summed E-state index contributed by atoms with van der Waals surface area (Å²) >= 11 is 1.74. The molecule has 0 unspecified atom stereocenters. The maximum atomic E-state index is 5.61. The number of hydrogen-bond acceptors (Lipinski definition) is 4. The molecule has 0 saturated carbocycles. The van der Waals surface area contributed by atoms with E-state index >= 15 is 0 Å². The molecule has 0 spiro atoms. The smallest absolute Gasteiger partial charge is 0.185 e. The Morgan fingerprint density at radius 1 is 1.50 bits per heavy atom. The number of piperidine rings is 1. The van der Waals surface area contributed by atoms with Crippen LogP contribution in [0.4, 0.5) is 5.13 Å². The van der Waals surface area contributed by atoms with E-state index in [1.165, 1.54) is 24.1 Å². The van der Waals surface area contributed by atoms with Crippen LogP contribution in [0.1, 0.15) is 38.0 Å². The standard InChI is InChI=1S/C12H21N3S/c1-3-12(2)4-6-15(7-5-12)11-14-9-10(8-13)16-11/h9H,3-8,13H2,1-2H3. The molecule has 3 nitrogen and oxygen atoms in total. The molecule has 90 valence electrons. The van der Waals surface area contributed by atoms with Crippen LogP contribution in [0.25, 0.3) is 0 Å². The number of nitrogens with zero attached hydrogens (tertiary/aromatic N) is 2. The van der Waals surface area contributed by atoms with Gasteiger partial charge >= 0.3 is 0 Å². The van der Waals surface area contributed by atoms with Gasteiger partial charge in [-0.05, 0) is 18.3 Å². The number of nitrogens with two attached hydrogens (primary N) is 1.